The maximum absolute atomic E-state index is 12.2. The van der Waals surface area contributed by atoms with Crippen LogP contribution in [0.15, 0.2) is 151 Å². The summed E-state index contributed by atoms with van der Waals surface area (Å²) in [7, 11) is 3.28. The molecule has 11 amide bonds. The molecule has 0 radical (unpaired) electrons. The van der Waals surface area contributed by atoms with Crippen LogP contribution in [0, 0.1) is 0 Å². The van der Waals surface area contributed by atoms with Gasteiger partial charge in [-0.25, -0.2) is 39.4 Å². The van der Waals surface area contributed by atoms with E-state index in [4.69, 9.17) is 39.1 Å². The van der Waals surface area contributed by atoms with Crippen LogP contribution in [-0.4, -0.2) is 151 Å². The number of nitrogen functional groups attached to an aromatic ring is 5. The predicted molar refractivity (Wildman–Crippen MR) is 445 cm³/mol. The van der Waals surface area contributed by atoms with Crippen LogP contribution < -0.4 is 83.0 Å². The first-order valence-electron chi connectivity index (χ1n) is 34.6. The molecule has 0 fully saturated rings. The molecule has 9 heterocycles. The van der Waals surface area contributed by atoms with E-state index in [0.29, 0.717) is 99.5 Å². The van der Waals surface area contributed by atoms with Crippen molar-refractivity contribution in [2.45, 2.75) is 79.9 Å². The minimum atomic E-state index is -1.09. The summed E-state index contributed by atoms with van der Waals surface area (Å²) in [4.78, 5) is 152. The highest BCUT2D eigenvalue weighted by Crippen LogP contribution is 2.34. The lowest BCUT2D eigenvalue weighted by Gasteiger charge is -2.19. The number of carboxylic acid groups (broad SMARTS) is 1. The van der Waals surface area contributed by atoms with Gasteiger partial charge in [-0.1, -0.05) is 51.1 Å². The molecule has 36 nitrogen and oxygen atoms in total. The number of hydrazone groups is 1. The molecule has 0 saturated heterocycles. The molecule has 0 bridgehead atoms. The molecule has 0 spiro atoms. The van der Waals surface area contributed by atoms with Crippen molar-refractivity contribution in [3.8, 4) is 17.0 Å². The smallest absolute Gasteiger partial charge is 0.345 e. The van der Waals surface area contributed by atoms with Gasteiger partial charge in [0.2, 0.25) is 0 Å². The number of hydrazine groups is 5. The van der Waals surface area contributed by atoms with Gasteiger partial charge in [0, 0.05) is 70.5 Å². The first-order chi connectivity index (χ1) is 55.3. The number of carboxylic acids is 1. The molecule has 0 atom stereocenters. The van der Waals surface area contributed by atoms with Crippen molar-refractivity contribution in [3.63, 3.8) is 0 Å². The SMILES string of the molecule is C/C(=N\NC(=O)c1ccc(C(=O)O)s1)c1nn(C)c(-c2ccc(C(C)(C)C)cc2)c1O.CC(C)NC(=O)c1ccc(C(=O)NN)s1.CCN(CC)C(=O)c1ccc(C(=O)NN)s1.COCCNC(=O)c1ccc(C(=O)NN)s1.NNC(=O)c1ccc(C(=O)NCc2ccccn2)s1.NNC(=O)c1ccc(C(=O)NCc2ccncc2)s1. The van der Waals surface area contributed by atoms with Gasteiger partial charge in [-0.15, -0.1) is 68.0 Å². The zero-order valence-corrected chi connectivity index (χ0v) is 69.3. The maximum atomic E-state index is 12.2. The number of aromatic nitrogens is 4. The number of carbonyl (C=O) groups is 12. The number of pyridine rings is 2. The summed E-state index contributed by atoms with van der Waals surface area (Å²) < 4.78 is 6.36. The number of aromatic hydroxyl groups is 1. The number of aromatic carboxylic acids is 1. The number of methoxy groups -OCH3 is 1. The Balaban J connectivity index is 0.000000254. The molecule has 616 valence electrons. The molecule has 22 N–H and O–H groups in total. The molecule has 0 aliphatic carbocycles. The van der Waals surface area contributed by atoms with E-state index in [1.165, 1.54) is 17.7 Å². The Kier molecular flexibility index (Phi) is 38.6. The highest BCUT2D eigenvalue weighted by molar-refractivity contribution is 7.17. The number of benzene rings is 1. The fourth-order valence-corrected chi connectivity index (χ4v) is 14.1. The topological polar surface area (TPSA) is 564 Å². The normalized spacial score (nSPS) is 10.5. The quantitative estimate of drug-likeness (QED) is 0.00966. The van der Waals surface area contributed by atoms with Crippen LogP contribution in [0.3, 0.4) is 0 Å². The number of thiophene rings is 6. The molecule has 10 aromatic rings. The van der Waals surface area contributed by atoms with E-state index in [1.807, 2.05) is 109 Å². The lowest BCUT2D eigenvalue weighted by Crippen LogP contribution is -2.30. The molecule has 116 heavy (non-hydrogen) atoms. The zero-order valence-electron chi connectivity index (χ0n) is 64.4. The number of aryl methyl sites for hydroxylation is 1. The number of nitrogens with two attached hydrogens (primary N) is 5. The minimum absolute atomic E-state index is 0.0213. The van der Waals surface area contributed by atoms with Gasteiger partial charge in [-0.05, 0) is 148 Å². The van der Waals surface area contributed by atoms with Crippen molar-refractivity contribution in [1.82, 2.24) is 78.5 Å². The maximum Gasteiger partial charge on any atom is 0.345 e. The average Bonchev–Trinajstić information content (AvgIpc) is 1.62. The molecule has 1 aromatic carbocycles. The third kappa shape index (κ3) is 29.3. The van der Waals surface area contributed by atoms with E-state index < -0.39 is 29.6 Å². The van der Waals surface area contributed by atoms with Gasteiger partial charge in [-0.2, -0.15) is 10.2 Å². The fraction of sp³-hybridized carbons (Fsp3) is 0.243. The molecular formula is C74H89N21O15S6. The van der Waals surface area contributed by atoms with E-state index in [-0.39, 0.29) is 74.0 Å². The van der Waals surface area contributed by atoms with Gasteiger partial charge in [-0.3, -0.25) is 94.5 Å². The third-order valence-electron chi connectivity index (χ3n) is 15.1. The number of rotatable bonds is 25. The first-order valence-corrected chi connectivity index (χ1v) is 39.5. The lowest BCUT2D eigenvalue weighted by atomic mass is 9.86. The van der Waals surface area contributed by atoms with Crippen LogP contribution in [0.2, 0.25) is 0 Å². The summed E-state index contributed by atoms with van der Waals surface area (Å²) in [5.41, 5.74) is 17.3. The highest BCUT2D eigenvalue weighted by atomic mass is 32.1. The Labute approximate surface area is 689 Å². The second-order valence-corrected chi connectivity index (χ2v) is 31.2. The Hall–Kier alpha value is -12.2. The number of ether oxygens (including phenoxy) is 1. The van der Waals surface area contributed by atoms with Crippen LogP contribution in [0.5, 0.6) is 5.75 Å². The highest BCUT2D eigenvalue weighted by Gasteiger charge is 2.24. The molecule has 42 heteroatoms. The van der Waals surface area contributed by atoms with Crippen LogP contribution in [0.1, 0.15) is 194 Å². The second kappa shape index (κ2) is 47.5. The summed E-state index contributed by atoms with van der Waals surface area (Å²) in [5.74, 6) is 20.5. The zero-order chi connectivity index (χ0) is 85.8. The predicted octanol–water partition coefficient (Wildman–Crippen LogP) is 6.41. The summed E-state index contributed by atoms with van der Waals surface area (Å²) in [6.07, 6.45) is 4.99. The number of carbonyl (C=O) groups excluding carboxylic acids is 11. The number of hydrogen-bond acceptors (Lipinski definition) is 29. The number of hydrogen-bond donors (Lipinski definition) is 17. The number of nitrogens with zero attached hydrogens (tertiary/aromatic N) is 6. The van der Waals surface area contributed by atoms with E-state index in [0.717, 1.165) is 84.8 Å². The van der Waals surface area contributed by atoms with Gasteiger partial charge < -0.3 is 41.1 Å². The Morgan fingerprint density at radius 2 is 0.914 bits per heavy atom. The number of amides is 11. The van der Waals surface area contributed by atoms with Gasteiger partial charge >= 0.3 is 5.97 Å². The summed E-state index contributed by atoms with van der Waals surface area (Å²) in [6.45, 7) is 18.6. The number of nitrogens with one attached hydrogen (secondary N) is 10. The van der Waals surface area contributed by atoms with Gasteiger partial charge in [0.25, 0.3) is 65.0 Å². The van der Waals surface area contributed by atoms with Gasteiger partial charge in [0.1, 0.15) is 10.6 Å². The van der Waals surface area contributed by atoms with E-state index in [2.05, 4.69) is 67.6 Å². The lowest BCUT2D eigenvalue weighted by molar-refractivity contribution is 0.0699. The minimum Gasteiger partial charge on any atom is -0.504 e. The van der Waals surface area contributed by atoms with Crippen molar-refractivity contribution in [2.75, 3.05) is 33.4 Å². The molecule has 0 unspecified atom stereocenters. The molecule has 0 saturated carbocycles. The van der Waals surface area contributed by atoms with Crippen LogP contribution in [0.4, 0.5) is 0 Å². The van der Waals surface area contributed by atoms with E-state index >= 15 is 0 Å². The van der Waals surface area contributed by atoms with Crippen molar-refractivity contribution in [3.05, 3.63) is 227 Å². The van der Waals surface area contributed by atoms with Crippen molar-refractivity contribution in [1.29, 1.82) is 0 Å². The van der Waals surface area contributed by atoms with Crippen molar-refractivity contribution >= 4 is 145 Å². The summed E-state index contributed by atoms with van der Waals surface area (Å²) in [5, 5.41) is 39.0. The van der Waals surface area contributed by atoms with Crippen LogP contribution >= 0.6 is 68.0 Å². The van der Waals surface area contributed by atoms with Crippen LogP contribution in [0.25, 0.3) is 11.3 Å². The molecule has 0 aliphatic rings. The second-order valence-electron chi connectivity index (χ2n) is 24.7. The Morgan fingerprint density at radius 1 is 0.517 bits per heavy atom. The third-order valence-corrected chi connectivity index (χ3v) is 21.6. The summed E-state index contributed by atoms with van der Waals surface area (Å²) >= 11 is 6.38. The largest absolute Gasteiger partial charge is 0.504 e. The Bertz CT molecular complexity index is 4900. The molecule has 9 aromatic heterocycles. The Morgan fingerprint density at radius 3 is 1.31 bits per heavy atom. The van der Waals surface area contributed by atoms with Crippen molar-refractivity contribution < 1.29 is 72.5 Å². The molecule has 0 aliphatic heterocycles. The summed E-state index contributed by atoms with van der Waals surface area (Å²) in [6, 6.07) is 35.8. The average molecular weight is 1710 g/mol. The van der Waals surface area contributed by atoms with E-state index in [9.17, 15) is 62.6 Å². The first kappa shape index (κ1) is 94.4. The van der Waals surface area contributed by atoms with Crippen LogP contribution in [-0.2, 0) is 30.3 Å². The van der Waals surface area contributed by atoms with Gasteiger partial charge in [0.15, 0.2) is 11.4 Å². The van der Waals surface area contributed by atoms with E-state index in [1.54, 1.807) is 110 Å². The molecule has 10 rings (SSSR count). The fourth-order valence-electron chi connectivity index (χ4n) is 9.17. The monoisotopic (exact) mass is 1700 g/mol. The standard InChI is InChI=1S/C22H24N4O4S.2C12H12N4O2S.C10H15N3O2S.C9H13N3O3S.C9H13N3O2S/c1-12(23-24-20(28)15-10-11-16(31-15)21(29)30)17-19(27)18(26(5)25-17)13-6-8-14(9-7-13)22(2,3)4;13-16-12(18)10-2-1-9(19-10)11(17)15-7-8-3-5-14-6-4-8;13-16-12(18)10-5-4-9(19-10)11(17)15-7-8-3-1-2-6-14-8;1-3-13(4-2)10(15)8-6-5-7(16-8)9(14)12-11;1-15-5-4-11-8(13)6-2-3-7(16-6)9(14)12-10;1-5(2)11-8(13)6-3-4-7(15-6)9(14)12-10/h6-11,27H,1-5H3,(H,24,28)(H,29,30);2*1-6H,7,13H2,(H,15,17)(H,16,18);5-6H,3-4,11H2,1-2H3,(H,12,14);2-3H,4-5,10H2,1H3,(H,11,13)(H,12,14);3-5H,10H2,1-2H3,(H,11,13)(H,12,14)/b23-12+;;;;;. The van der Waals surface area contributed by atoms with Crippen molar-refractivity contribution in [2.24, 2.45) is 41.4 Å². The van der Waals surface area contributed by atoms with Gasteiger partial charge in [0.05, 0.1) is 78.2 Å². The molecular weight excluding hydrogens is 1620 g/mol.